The third-order valence-corrected chi connectivity index (χ3v) is 4.64. The minimum absolute atomic E-state index is 0.179. The molecule has 0 amide bonds. The fourth-order valence-electron chi connectivity index (χ4n) is 2.50. The molecule has 23 heavy (non-hydrogen) atoms. The molecule has 130 valence electrons. The summed E-state index contributed by atoms with van der Waals surface area (Å²) in [4.78, 5) is 1.99. The number of rotatable bonds is 7. The van der Waals surface area contributed by atoms with Crippen molar-refractivity contribution in [2.45, 2.75) is 18.1 Å². The Hall–Kier alpha value is -1.19. The fraction of sp³-hybridized carbons (Fsp3) is 0.600. The van der Waals surface area contributed by atoms with Crippen LogP contribution in [-0.4, -0.2) is 74.3 Å². The summed E-state index contributed by atoms with van der Waals surface area (Å²) >= 11 is 0. The summed E-state index contributed by atoms with van der Waals surface area (Å²) in [6, 6.07) is 9.46. The zero-order valence-electron chi connectivity index (χ0n) is 13.2. The van der Waals surface area contributed by atoms with Gasteiger partial charge in [-0.25, -0.2) is 13.1 Å². The number of hydrogen-bond donors (Lipinski definition) is 3. The molecule has 1 aliphatic heterocycles. The lowest BCUT2D eigenvalue weighted by Crippen LogP contribution is -2.60. The van der Waals surface area contributed by atoms with E-state index in [1.807, 2.05) is 35.2 Å². The second-order valence-corrected chi connectivity index (χ2v) is 7.76. The van der Waals surface area contributed by atoms with Crippen molar-refractivity contribution in [1.29, 1.82) is 0 Å². The Morgan fingerprint density at radius 1 is 1.39 bits per heavy atom. The smallest absolute Gasteiger partial charge is 0.208 e. The normalized spacial score (nSPS) is 26.1. The zero-order chi connectivity index (χ0) is 16.9. The van der Waals surface area contributed by atoms with E-state index in [4.69, 9.17) is 4.74 Å². The number of nitrogens with one attached hydrogen (secondary N) is 1. The van der Waals surface area contributed by atoms with Gasteiger partial charge in [-0.05, 0) is 18.6 Å². The van der Waals surface area contributed by atoms with Crippen molar-refractivity contribution in [2.24, 2.45) is 0 Å². The molecule has 0 aliphatic carbocycles. The topological polar surface area (TPSA) is 99.1 Å². The summed E-state index contributed by atoms with van der Waals surface area (Å²) in [5.41, 5.74) is -1.43. The van der Waals surface area contributed by atoms with Crippen LogP contribution in [0.25, 0.3) is 0 Å². The second-order valence-electron chi connectivity index (χ2n) is 5.92. The molecule has 0 saturated carbocycles. The molecule has 1 saturated heterocycles. The van der Waals surface area contributed by atoms with Crippen LogP contribution in [0.1, 0.15) is 6.42 Å². The molecule has 3 N–H and O–H groups in total. The van der Waals surface area contributed by atoms with E-state index in [1.54, 1.807) is 0 Å². The van der Waals surface area contributed by atoms with Crippen LogP contribution < -0.4 is 9.46 Å². The Morgan fingerprint density at radius 2 is 2.09 bits per heavy atom. The molecule has 1 aromatic carbocycles. The van der Waals surface area contributed by atoms with Gasteiger partial charge in [0.2, 0.25) is 10.0 Å². The first-order valence-corrected chi connectivity index (χ1v) is 9.43. The first kappa shape index (κ1) is 18.2. The number of benzene rings is 1. The summed E-state index contributed by atoms with van der Waals surface area (Å²) in [6.07, 6.45) is 0.308. The van der Waals surface area contributed by atoms with Crippen LogP contribution in [0, 0.1) is 0 Å². The van der Waals surface area contributed by atoms with Gasteiger partial charge in [0.05, 0.1) is 12.4 Å². The van der Waals surface area contributed by atoms with Crippen LogP contribution in [-0.2, 0) is 10.0 Å². The maximum atomic E-state index is 11.1. The summed E-state index contributed by atoms with van der Waals surface area (Å²) in [6.45, 7) is 1.77. The van der Waals surface area contributed by atoms with Gasteiger partial charge in [-0.1, -0.05) is 18.2 Å². The number of nitrogens with zero attached hydrogens (tertiary/aromatic N) is 1. The minimum Gasteiger partial charge on any atom is -0.492 e. The lowest BCUT2D eigenvalue weighted by atomic mass is 9.89. The van der Waals surface area contributed by atoms with Gasteiger partial charge >= 0.3 is 0 Å². The molecule has 7 nitrogen and oxygen atoms in total. The summed E-state index contributed by atoms with van der Waals surface area (Å²) < 4.78 is 30.1. The quantitative estimate of drug-likeness (QED) is 0.612. The molecule has 0 spiro atoms. The van der Waals surface area contributed by atoms with E-state index in [9.17, 15) is 18.6 Å². The number of aliphatic hydroxyl groups is 2. The van der Waals surface area contributed by atoms with Crippen molar-refractivity contribution >= 4 is 10.0 Å². The molecular weight excluding hydrogens is 320 g/mol. The molecule has 1 aromatic rings. The predicted octanol–water partition coefficient (Wildman–Crippen LogP) is -0.588. The van der Waals surface area contributed by atoms with Crippen LogP contribution in [0.15, 0.2) is 30.3 Å². The maximum Gasteiger partial charge on any atom is 0.208 e. The fourth-order valence-corrected chi connectivity index (χ4v) is 3.01. The standard InChI is InChI=1S/C15H24N2O5S/c1-23(20,21)16-12-15(19)7-8-17(11-14(15)18)9-10-22-13-5-3-2-4-6-13/h2-6,14,16,18-19H,7-12H2,1H3/t14-,15-/m1/s1. The van der Waals surface area contributed by atoms with E-state index >= 15 is 0 Å². The summed E-state index contributed by atoms with van der Waals surface area (Å²) in [7, 11) is -3.40. The third-order valence-electron chi connectivity index (χ3n) is 3.97. The Bertz CT molecular complexity index is 595. The van der Waals surface area contributed by atoms with Gasteiger partial charge < -0.3 is 14.9 Å². The molecular formula is C15H24N2O5S. The average Bonchev–Trinajstić information content (AvgIpc) is 2.50. The molecule has 8 heteroatoms. The van der Waals surface area contributed by atoms with Gasteiger partial charge in [0.1, 0.15) is 18.0 Å². The predicted molar refractivity (Wildman–Crippen MR) is 86.8 cm³/mol. The van der Waals surface area contributed by atoms with Crippen LogP contribution in [0.3, 0.4) is 0 Å². The molecule has 0 unspecified atom stereocenters. The zero-order valence-corrected chi connectivity index (χ0v) is 14.0. The van der Waals surface area contributed by atoms with E-state index < -0.39 is 21.7 Å². The number of likely N-dealkylation sites (tertiary alicyclic amines) is 1. The minimum atomic E-state index is -3.40. The largest absolute Gasteiger partial charge is 0.492 e. The Balaban J connectivity index is 1.77. The number of piperidine rings is 1. The maximum absolute atomic E-state index is 11.1. The molecule has 0 radical (unpaired) electrons. The molecule has 0 aromatic heterocycles. The van der Waals surface area contributed by atoms with Crippen LogP contribution in [0.2, 0.25) is 0 Å². The van der Waals surface area contributed by atoms with Gasteiger partial charge in [0, 0.05) is 26.2 Å². The highest BCUT2D eigenvalue weighted by Gasteiger charge is 2.40. The first-order valence-electron chi connectivity index (χ1n) is 7.54. The van der Waals surface area contributed by atoms with Crippen molar-refractivity contribution in [3.8, 4) is 5.75 Å². The molecule has 2 atom stereocenters. The van der Waals surface area contributed by atoms with Crippen LogP contribution in [0.5, 0.6) is 5.75 Å². The lowest BCUT2D eigenvalue weighted by molar-refractivity contribution is -0.115. The van der Waals surface area contributed by atoms with Gasteiger partial charge in [0.15, 0.2) is 0 Å². The van der Waals surface area contributed by atoms with Gasteiger partial charge in [-0.2, -0.15) is 0 Å². The SMILES string of the molecule is CS(=O)(=O)NC[C@]1(O)CCN(CCOc2ccccc2)C[C@H]1O. The summed E-state index contributed by atoms with van der Waals surface area (Å²) in [5.74, 6) is 0.791. The molecule has 1 heterocycles. The lowest BCUT2D eigenvalue weighted by Gasteiger charge is -2.42. The first-order chi connectivity index (χ1) is 10.8. The number of ether oxygens (including phenoxy) is 1. The van der Waals surface area contributed by atoms with Crippen molar-refractivity contribution in [3.05, 3.63) is 30.3 Å². The van der Waals surface area contributed by atoms with Gasteiger partial charge in [-0.3, -0.25) is 4.90 Å². The van der Waals surface area contributed by atoms with E-state index in [0.717, 1.165) is 12.0 Å². The van der Waals surface area contributed by atoms with E-state index in [0.29, 0.717) is 26.1 Å². The number of aliphatic hydroxyl groups excluding tert-OH is 1. The second kappa shape index (κ2) is 7.59. The number of para-hydroxylation sites is 1. The monoisotopic (exact) mass is 344 g/mol. The van der Waals surface area contributed by atoms with Crippen molar-refractivity contribution in [2.75, 3.05) is 39.0 Å². The Kier molecular flexibility index (Phi) is 5.99. The Morgan fingerprint density at radius 3 is 2.70 bits per heavy atom. The summed E-state index contributed by atoms with van der Waals surface area (Å²) in [5, 5.41) is 20.5. The van der Waals surface area contributed by atoms with E-state index in [-0.39, 0.29) is 13.1 Å². The highest BCUT2D eigenvalue weighted by Crippen LogP contribution is 2.22. The number of β-amino-alcohol motifs (C(OH)–C–C–N with tert-alkyl or cyclic N) is 1. The number of sulfonamides is 1. The van der Waals surface area contributed by atoms with Gasteiger partial charge in [-0.15, -0.1) is 0 Å². The molecule has 2 rings (SSSR count). The molecule has 0 bridgehead atoms. The Labute approximate surface area is 136 Å². The molecule has 1 aliphatic rings. The van der Waals surface area contributed by atoms with E-state index in [2.05, 4.69) is 4.72 Å². The van der Waals surface area contributed by atoms with Crippen LogP contribution in [0.4, 0.5) is 0 Å². The highest BCUT2D eigenvalue weighted by molar-refractivity contribution is 7.88. The highest BCUT2D eigenvalue weighted by atomic mass is 32.2. The van der Waals surface area contributed by atoms with Gasteiger partial charge in [0.25, 0.3) is 0 Å². The number of hydrogen-bond acceptors (Lipinski definition) is 6. The van der Waals surface area contributed by atoms with Crippen molar-refractivity contribution in [3.63, 3.8) is 0 Å². The molecule has 1 fully saturated rings. The third kappa shape index (κ3) is 5.74. The van der Waals surface area contributed by atoms with Crippen LogP contribution >= 0.6 is 0 Å². The van der Waals surface area contributed by atoms with Crippen molar-refractivity contribution in [1.82, 2.24) is 9.62 Å². The average molecular weight is 344 g/mol. The van der Waals surface area contributed by atoms with Crippen molar-refractivity contribution < 1.29 is 23.4 Å². The van der Waals surface area contributed by atoms with E-state index in [1.165, 1.54) is 0 Å².